The fourth-order valence-corrected chi connectivity index (χ4v) is 1.61. The molecule has 0 saturated carbocycles. The Hall–Kier alpha value is -2.64. The molecule has 0 aliphatic carbocycles. The van der Waals surface area contributed by atoms with E-state index in [4.69, 9.17) is 10.8 Å². The quantitative estimate of drug-likeness (QED) is 0.557. The maximum Gasteiger partial charge on any atom is 0.326 e. The van der Waals surface area contributed by atoms with Crippen LogP contribution in [0.3, 0.4) is 0 Å². The van der Waals surface area contributed by atoms with Gasteiger partial charge in [-0.1, -0.05) is 0 Å². The number of nitrogens with one attached hydrogen (secondary N) is 2. The molecule has 1 aromatic rings. The molecule has 0 unspecified atom stereocenters. The first-order valence-corrected chi connectivity index (χ1v) is 6.35. The SMILES string of the molecule is Cc1ccncc1CNC(=O)N[C@@H](CCC(N)=O)C(=O)O. The number of urea groups is 1. The van der Waals surface area contributed by atoms with Crippen molar-refractivity contribution in [2.24, 2.45) is 5.73 Å². The van der Waals surface area contributed by atoms with Gasteiger partial charge in [-0.05, 0) is 30.5 Å². The van der Waals surface area contributed by atoms with Crippen molar-refractivity contribution < 1.29 is 19.5 Å². The molecule has 21 heavy (non-hydrogen) atoms. The van der Waals surface area contributed by atoms with Gasteiger partial charge in [-0.15, -0.1) is 0 Å². The van der Waals surface area contributed by atoms with Crippen molar-refractivity contribution in [1.82, 2.24) is 15.6 Å². The van der Waals surface area contributed by atoms with Gasteiger partial charge in [-0.25, -0.2) is 9.59 Å². The van der Waals surface area contributed by atoms with Crippen LogP contribution in [0.4, 0.5) is 4.79 Å². The van der Waals surface area contributed by atoms with Crippen LogP contribution in [0.15, 0.2) is 18.5 Å². The Morgan fingerprint density at radius 1 is 1.43 bits per heavy atom. The number of carbonyl (C=O) groups excluding carboxylic acids is 2. The predicted octanol–water partition coefficient (Wildman–Crippen LogP) is -0.0921. The van der Waals surface area contributed by atoms with E-state index in [1.165, 1.54) is 0 Å². The zero-order valence-electron chi connectivity index (χ0n) is 11.6. The van der Waals surface area contributed by atoms with E-state index >= 15 is 0 Å². The second kappa shape index (κ2) is 7.83. The lowest BCUT2D eigenvalue weighted by atomic mass is 10.1. The molecule has 0 aliphatic rings. The molecule has 0 radical (unpaired) electrons. The van der Waals surface area contributed by atoms with Crippen molar-refractivity contribution in [3.05, 3.63) is 29.6 Å². The Morgan fingerprint density at radius 2 is 2.14 bits per heavy atom. The third-order valence-corrected chi connectivity index (χ3v) is 2.87. The molecule has 0 bridgehead atoms. The van der Waals surface area contributed by atoms with Gasteiger partial charge in [0.2, 0.25) is 5.91 Å². The Labute approximate surface area is 121 Å². The van der Waals surface area contributed by atoms with Gasteiger partial charge in [-0.2, -0.15) is 0 Å². The standard InChI is InChI=1S/C13H18N4O4/c1-8-4-5-15-6-9(8)7-16-13(21)17-10(12(19)20)2-3-11(14)18/h4-6,10H,2-3,7H2,1H3,(H2,14,18)(H,19,20)(H2,16,17,21)/t10-/m0/s1. The summed E-state index contributed by atoms with van der Waals surface area (Å²) in [6, 6.07) is 0.0181. The van der Waals surface area contributed by atoms with E-state index < -0.39 is 23.9 Å². The number of aliphatic carboxylic acids is 1. The highest BCUT2D eigenvalue weighted by Gasteiger charge is 2.20. The Balaban J connectivity index is 2.49. The van der Waals surface area contributed by atoms with Gasteiger partial charge in [0.25, 0.3) is 0 Å². The smallest absolute Gasteiger partial charge is 0.326 e. The summed E-state index contributed by atoms with van der Waals surface area (Å²) in [5.74, 6) is -1.83. The number of rotatable bonds is 7. The average Bonchev–Trinajstić information content (AvgIpc) is 2.42. The van der Waals surface area contributed by atoms with E-state index in [1.807, 2.05) is 13.0 Å². The van der Waals surface area contributed by atoms with Gasteiger partial charge in [0.15, 0.2) is 0 Å². The van der Waals surface area contributed by atoms with E-state index in [2.05, 4.69) is 15.6 Å². The summed E-state index contributed by atoms with van der Waals surface area (Å²) in [7, 11) is 0. The Kier molecular flexibility index (Phi) is 6.12. The molecule has 1 rings (SSSR count). The number of carboxylic acids is 1. The highest BCUT2D eigenvalue weighted by molar-refractivity contribution is 5.83. The molecule has 8 nitrogen and oxygen atoms in total. The molecule has 8 heteroatoms. The second-order valence-corrected chi connectivity index (χ2v) is 4.52. The van der Waals surface area contributed by atoms with Crippen LogP contribution < -0.4 is 16.4 Å². The van der Waals surface area contributed by atoms with Crippen LogP contribution in [0.1, 0.15) is 24.0 Å². The number of amides is 3. The summed E-state index contributed by atoms with van der Waals surface area (Å²) in [5, 5.41) is 13.8. The molecular weight excluding hydrogens is 276 g/mol. The maximum absolute atomic E-state index is 11.7. The highest BCUT2D eigenvalue weighted by atomic mass is 16.4. The minimum atomic E-state index is -1.22. The van der Waals surface area contributed by atoms with Gasteiger partial charge in [0.1, 0.15) is 6.04 Å². The van der Waals surface area contributed by atoms with E-state index in [0.29, 0.717) is 0 Å². The first-order valence-electron chi connectivity index (χ1n) is 6.35. The second-order valence-electron chi connectivity index (χ2n) is 4.52. The number of hydrogen-bond donors (Lipinski definition) is 4. The molecular formula is C13H18N4O4. The zero-order valence-corrected chi connectivity index (χ0v) is 11.6. The molecule has 3 amide bonds. The van der Waals surface area contributed by atoms with E-state index in [9.17, 15) is 14.4 Å². The number of carbonyl (C=O) groups is 3. The number of aryl methyl sites for hydroxylation is 1. The van der Waals surface area contributed by atoms with Crippen molar-refractivity contribution in [2.75, 3.05) is 0 Å². The molecule has 0 aliphatic heterocycles. The van der Waals surface area contributed by atoms with Crippen molar-refractivity contribution in [3.8, 4) is 0 Å². The molecule has 114 valence electrons. The largest absolute Gasteiger partial charge is 0.480 e. The number of nitrogens with zero attached hydrogens (tertiary/aromatic N) is 1. The van der Waals surface area contributed by atoms with E-state index in [1.54, 1.807) is 12.4 Å². The summed E-state index contributed by atoms with van der Waals surface area (Å²) in [6.07, 6.45) is 3.10. The van der Waals surface area contributed by atoms with Crippen LogP contribution in [0.25, 0.3) is 0 Å². The Morgan fingerprint density at radius 3 is 2.71 bits per heavy atom. The topological polar surface area (TPSA) is 134 Å². The van der Waals surface area contributed by atoms with Crippen LogP contribution >= 0.6 is 0 Å². The van der Waals surface area contributed by atoms with Crippen LogP contribution in [0.2, 0.25) is 0 Å². The summed E-state index contributed by atoms with van der Waals surface area (Å²) in [6.45, 7) is 2.11. The lowest BCUT2D eigenvalue weighted by Gasteiger charge is -2.14. The third kappa shape index (κ3) is 5.89. The predicted molar refractivity (Wildman–Crippen MR) is 74.2 cm³/mol. The van der Waals surface area contributed by atoms with Crippen molar-refractivity contribution in [1.29, 1.82) is 0 Å². The van der Waals surface area contributed by atoms with Gasteiger partial charge in [0, 0.05) is 25.4 Å². The number of nitrogens with two attached hydrogens (primary N) is 1. The number of aromatic nitrogens is 1. The minimum Gasteiger partial charge on any atom is -0.480 e. The van der Waals surface area contributed by atoms with Crippen molar-refractivity contribution in [3.63, 3.8) is 0 Å². The maximum atomic E-state index is 11.7. The van der Waals surface area contributed by atoms with Gasteiger partial charge >= 0.3 is 12.0 Å². The van der Waals surface area contributed by atoms with Gasteiger partial charge < -0.3 is 21.5 Å². The summed E-state index contributed by atoms with van der Waals surface area (Å²) >= 11 is 0. The first-order chi connectivity index (χ1) is 9.90. The van der Waals surface area contributed by atoms with Crippen LogP contribution in [-0.4, -0.2) is 34.0 Å². The molecule has 0 spiro atoms. The van der Waals surface area contributed by atoms with Gasteiger partial charge in [-0.3, -0.25) is 9.78 Å². The van der Waals surface area contributed by atoms with Crippen LogP contribution in [-0.2, 0) is 16.1 Å². The number of primary amides is 1. The monoisotopic (exact) mass is 294 g/mol. The summed E-state index contributed by atoms with van der Waals surface area (Å²) in [4.78, 5) is 37.2. The number of hydrogen-bond acceptors (Lipinski definition) is 4. The third-order valence-electron chi connectivity index (χ3n) is 2.87. The first kappa shape index (κ1) is 16.4. The van der Waals surface area contributed by atoms with Crippen LogP contribution in [0, 0.1) is 6.92 Å². The highest BCUT2D eigenvalue weighted by Crippen LogP contribution is 2.04. The lowest BCUT2D eigenvalue weighted by Crippen LogP contribution is -2.46. The molecule has 0 aromatic carbocycles. The normalized spacial score (nSPS) is 11.5. The van der Waals surface area contributed by atoms with Crippen molar-refractivity contribution in [2.45, 2.75) is 32.4 Å². The fourth-order valence-electron chi connectivity index (χ4n) is 1.61. The minimum absolute atomic E-state index is 0.0516. The molecule has 1 atom stereocenters. The molecule has 1 heterocycles. The van der Waals surface area contributed by atoms with Crippen LogP contribution in [0.5, 0.6) is 0 Å². The average molecular weight is 294 g/mol. The molecule has 5 N–H and O–H groups in total. The molecule has 0 saturated heterocycles. The fraction of sp³-hybridized carbons (Fsp3) is 0.385. The molecule has 1 aromatic heterocycles. The van der Waals surface area contributed by atoms with Crippen molar-refractivity contribution >= 4 is 17.9 Å². The summed E-state index contributed by atoms with van der Waals surface area (Å²) < 4.78 is 0. The summed E-state index contributed by atoms with van der Waals surface area (Å²) in [5.41, 5.74) is 6.75. The van der Waals surface area contributed by atoms with E-state index in [-0.39, 0.29) is 19.4 Å². The van der Waals surface area contributed by atoms with Gasteiger partial charge in [0.05, 0.1) is 0 Å². The molecule has 0 fully saturated rings. The zero-order chi connectivity index (χ0) is 15.8. The number of carboxylic acid groups (broad SMARTS) is 1. The Bertz CT molecular complexity index is 533. The van der Waals surface area contributed by atoms with E-state index in [0.717, 1.165) is 11.1 Å². The number of pyridine rings is 1. The lowest BCUT2D eigenvalue weighted by molar-refractivity contribution is -0.139.